The van der Waals surface area contributed by atoms with Gasteiger partial charge < -0.3 is 5.11 Å². The van der Waals surface area contributed by atoms with Crippen LogP contribution in [-0.4, -0.2) is 26.3 Å². The van der Waals surface area contributed by atoms with Crippen LogP contribution in [0.4, 0.5) is 0 Å². The Bertz CT molecular complexity index is 180. The number of carboxylic acids is 1. The van der Waals surface area contributed by atoms with Gasteiger partial charge in [0.1, 0.15) is 6.33 Å². The van der Waals surface area contributed by atoms with Crippen LogP contribution in [0, 0.1) is 0 Å². The van der Waals surface area contributed by atoms with Gasteiger partial charge in [-0.25, -0.2) is 9.78 Å². The van der Waals surface area contributed by atoms with Gasteiger partial charge in [-0.3, -0.25) is 5.10 Å². The fourth-order valence-electron chi connectivity index (χ4n) is 0.309. The molecule has 0 radical (unpaired) electrons. The third kappa shape index (κ3) is 0.651. The summed E-state index contributed by atoms with van der Waals surface area (Å²) in [5.74, 6) is -1.23. The lowest BCUT2D eigenvalue weighted by Crippen LogP contribution is -1.97. The van der Waals surface area contributed by atoms with Gasteiger partial charge in [0.15, 0.2) is 0 Å². The van der Waals surface area contributed by atoms with Crippen molar-refractivity contribution < 1.29 is 9.90 Å². The van der Waals surface area contributed by atoms with Crippen LogP contribution in [0.15, 0.2) is 6.33 Å². The summed E-state index contributed by atoms with van der Waals surface area (Å²) < 4.78 is 0. The quantitative estimate of drug-likeness (QED) is 0.517. The van der Waals surface area contributed by atoms with E-state index in [1.54, 1.807) is 0 Å². The summed E-state index contributed by atoms with van der Waals surface area (Å²) in [6.07, 6.45) is 1.14. The smallest absolute Gasteiger partial charge is 0.373 e. The van der Waals surface area contributed by atoms with Gasteiger partial charge in [-0.2, -0.15) is 5.10 Å². The Morgan fingerprint density at radius 3 is 2.88 bits per heavy atom. The molecule has 8 heavy (non-hydrogen) atoms. The van der Waals surface area contributed by atoms with Gasteiger partial charge in [0.25, 0.3) is 0 Å². The van der Waals surface area contributed by atoms with Crippen molar-refractivity contribution in [3.63, 3.8) is 0 Å². The first kappa shape index (κ1) is 4.76. The highest BCUT2D eigenvalue weighted by atomic mass is 16.6. The molecule has 0 aliphatic rings. The molecule has 1 rings (SSSR count). The van der Waals surface area contributed by atoms with Crippen molar-refractivity contribution in [1.29, 1.82) is 0 Å². The van der Waals surface area contributed by atoms with E-state index in [2.05, 4.69) is 15.2 Å². The predicted octanol–water partition coefficient (Wildman–Crippen LogP) is -0.497. The zero-order valence-electron chi connectivity index (χ0n) is 3.83. The number of rotatable bonds is 1. The first-order valence-corrected chi connectivity index (χ1v) is 1.89. The average Bonchev–Trinajstić information content (AvgIpc) is 2.12. The van der Waals surface area contributed by atoms with Gasteiger partial charge in [-0.1, -0.05) is 0 Å². The maximum Gasteiger partial charge on any atom is 0.373 e. The molecule has 0 aliphatic heterocycles. The predicted molar refractivity (Wildman–Crippen MR) is 23.3 cm³/mol. The highest BCUT2D eigenvalue weighted by molar-refractivity contribution is 5.82. The van der Waals surface area contributed by atoms with Gasteiger partial charge in [-0.15, -0.1) is 0 Å². The Morgan fingerprint density at radius 2 is 2.62 bits per heavy atom. The Morgan fingerprint density at radius 1 is 1.88 bits per heavy atom. The fraction of sp³-hybridized carbons (Fsp3) is 0. The molecule has 0 saturated carbocycles. The molecule has 0 saturated heterocycles. The van der Waals surface area contributed by atoms with E-state index >= 15 is 0 Å². The molecule has 0 atom stereocenters. The standard InChI is InChI=1S/C3H3N3O2/c7-3(8)2-4-1-5-6-2/h1H,(H,7,8)(H,4,5,6)/i3+2. The summed E-state index contributed by atoms with van der Waals surface area (Å²) >= 11 is 0. The van der Waals surface area contributed by atoms with Crippen LogP contribution in [0.3, 0.4) is 0 Å². The normalized spacial score (nSPS) is 9.00. The summed E-state index contributed by atoms with van der Waals surface area (Å²) in [6, 6.07) is 0. The minimum Gasteiger partial charge on any atom is -0.475 e. The van der Waals surface area contributed by atoms with Gasteiger partial charge >= 0.3 is 5.97 Å². The molecule has 0 bridgehead atoms. The minimum atomic E-state index is -1.09. The van der Waals surface area contributed by atoms with Crippen molar-refractivity contribution >= 4 is 5.97 Å². The van der Waals surface area contributed by atoms with E-state index in [4.69, 9.17) is 5.11 Å². The molecule has 0 unspecified atom stereocenters. The van der Waals surface area contributed by atoms with E-state index in [1.807, 2.05) is 0 Å². The lowest BCUT2D eigenvalue weighted by Gasteiger charge is -1.77. The Balaban J connectivity index is 2.93. The summed E-state index contributed by atoms with van der Waals surface area (Å²) in [7, 11) is 0. The van der Waals surface area contributed by atoms with Crippen LogP contribution >= 0.6 is 0 Å². The Kier molecular flexibility index (Phi) is 0.957. The van der Waals surface area contributed by atoms with E-state index in [0.29, 0.717) is 0 Å². The number of hydrogen-bond donors (Lipinski definition) is 2. The van der Waals surface area contributed by atoms with Crippen molar-refractivity contribution in [2.75, 3.05) is 0 Å². The molecule has 5 nitrogen and oxygen atoms in total. The minimum absolute atomic E-state index is 0.134. The van der Waals surface area contributed by atoms with Crippen LogP contribution in [0.5, 0.6) is 0 Å². The third-order valence-corrected chi connectivity index (χ3v) is 0.618. The number of hydrogen-bond acceptors (Lipinski definition) is 3. The SMILES string of the molecule is O=[14C](O)c1ncn[nH]1. The Hall–Kier alpha value is -1.39. The number of aromatic amines is 1. The highest BCUT2D eigenvalue weighted by Crippen LogP contribution is 1.80. The molecule has 1 aromatic rings. The van der Waals surface area contributed by atoms with Crippen LogP contribution in [0.25, 0.3) is 0 Å². The summed E-state index contributed by atoms with van der Waals surface area (Å²) in [5, 5.41) is 13.6. The number of nitrogens with one attached hydrogen (secondary N) is 1. The van der Waals surface area contributed by atoms with Crippen LogP contribution in [-0.2, 0) is 0 Å². The van der Waals surface area contributed by atoms with Crippen molar-refractivity contribution in [3.8, 4) is 0 Å². The lowest BCUT2D eigenvalue weighted by molar-refractivity contribution is 0.0684. The molecule has 0 amide bonds. The zero-order valence-corrected chi connectivity index (χ0v) is 3.83. The number of carbonyl (C=O) groups is 1. The van der Waals surface area contributed by atoms with Gasteiger partial charge in [0, 0.05) is 0 Å². The molecule has 5 heteroatoms. The molecule has 0 aliphatic carbocycles. The number of aromatic nitrogens is 3. The second-order valence-electron chi connectivity index (χ2n) is 1.14. The molecule has 1 heterocycles. The van der Waals surface area contributed by atoms with Crippen molar-refractivity contribution in [1.82, 2.24) is 15.2 Å². The summed E-state index contributed by atoms with van der Waals surface area (Å²) in [6.45, 7) is 0. The first-order chi connectivity index (χ1) is 3.80. The van der Waals surface area contributed by atoms with Gasteiger partial charge in [-0.05, 0) is 0 Å². The maximum absolute atomic E-state index is 9.93. The Labute approximate surface area is 44.4 Å². The number of nitrogens with zero attached hydrogens (tertiary/aromatic N) is 2. The molecular formula is C3H3N3O2. The van der Waals surface area contributed by atoms with E-state index in [9.17, 15) is 4.79 Å². The molecule has 0 fully saturated rings. The molecule has 1 aromatic heterocycles. The van der Waals surface area contributed by atoms with Gasteiger partial charge in [0.05, 0.1) is 0 Å². The number of H-pyrrole nitrogens is 1. The monoisotopic (exact) mass is 115 g/mol. The highest BCUT2D eigenvalue weighted by Gasteiger charge is 2.01. The van der Waals surface area contributed by atoms with Crippen LogP contribution in [0.1, 0.15) is 10.6 Å². The zero-order chi connectivity index (χ0) is 5.98. The summed E-state index contributed by atoms with van der Waals surface area (Å²) in [4.78, 5) is 13.3. The van der Waals surface area contributed by atoms with E-state index in [0.717, 1.165) is 6.33 Å². The van der Waals surface area contributed by atoms with Crippen molar-refractivity contribution in [2.24, 2.45) is 0 Å². The van der Waals surface area contributed by atoms with Gasteiger partial charge in [0.2, 0.25) is 5.82 Å². The average molecular weight is 115 g/mol. The largest absolute Gasteiger partial charge is 0.475 e. The molecule has 0 spiro atoms. The lowest BCUT2D eigenvalue weighted by atomic mass is 11.1. The second kappa shape index (κ2) is 1.61. The molecular weight excluding hydrogens is 112 g/mol. The molecule has 0 aromatic carbocycles. The maximum atomic E-state index is 9.93. The third-order valence-electron chi connectivity index (χ3n) is 0.618. The number of carboxylic acid groups (broad SMARTS) is 1. The van der Waals surface area contributed by atoms with Crippen LogP contribution in [0.2, 0.25) is 0 Å². The fourth-order valence-corrected chi connectivity index (χ4v) is 0.309. The van der Waals surface area contributed by atoms with Crippen LogP contribution < -0.4 is 0 Å². The topological polar surface area (TPSA) is 78.9 Å². The number of aromatic carboxylic acids is 1. The van der Waals surface area contributed by atoms with Crippen molar-refractivity contribution in [3.05, 3.63) is 12.2 Å². The van der Waals surface area contributed by atoms with Crippen molar-refractivity contribution in [2.45, 2.75) is 0 Å². The summed E-state index contributed by atoms with van der Waals surface area (Å²) in [5.41, 5.74) is 0. The molecule has 2 N–H and O–H groups in total. The van der Waals surface area contributed by atoms with E-state index in [1.165, 1.54) is 0 Å². The first-order valence-electron chi connectivity index (χ1n) is 1.89. The molecule has 42 valence electrons. The van der Waals surface area contributed by atoms with E-state index < -0.39 is 5.97 Å². The second-order valence-corrected chi connectivity index (χ2v) is 1.14. The van der Waals surface area contributed by atoms with E-state index in [-0.39, 0.29) is 5.82 Å².